The van der Waals surface area contributed by atoms with E-state index in [9.17, 15) is 0 Å². The van der Waals surface area contributed by atoms with E-state index in [1.54, 1.807) is 7.11 Å². The molecule has 0 heterocycles. The second-order valence-corrected chi connectivity index (χ2v) is 5.65. The molecule has 1 N–H and O–H groups in total. The maximum absolute atomic E-state index is 5.76. The molecule has 0 saturated heterocycles. The summed E-state index contributed by atoms with van der Waals surface area (Å²) in [5.41, 5.74) is 2.37. The van der Waals surface area contributed by atoms with E-state index in [-0.39, 0.29) is 12.1 Å². The third kappa shape index (κ3) is 4.50. The molecule has 0 aromatic heterocycles. The van der Waals surface area contributed by atoms with E-state index in [1.807, 2.05) is 44.2 Å². The zero-order valence-corrected chi connectivity index (χ0v) is 13.8. The largest absolute Gasteiger partial charge is 0.496 e. The first kappa shape index (κ1) is 16.4. The van der Waals surface area contributed by atoms with Crippen molar-refractivity contribution >= 4 is 0 Å². The van der Waals surface area contributed by atoms with Crippen LogP contribution < -0.4 is 14.8 Å². The summed E-state index contributed by atoms with van der Waals surface area (Å²) in [5.74, 6) is 1.83. The smallest absolute Gasteiger partial charge is 0.123 e. The van der Waals surface area contributed by atoms with Crippen LogP contribution in [-0.4, -0.2) is 13.2 Å². The Morgan fingerprint density at radius 3 is 2.50 bits per heavy atom. The lowest BCUT2D eigenvalue weighted by molar-refractivity contribution is 0.242. The molecule has 118 valence electrons. The van der Waals surface area contributed by atoms with Gasteiger partial charge in [-0.3, -0.25) is 0 Å². The minimum absolute atomic E-state index is 0.187. The van der Waals surface area contributed by atoms with Gasteiger partial charge in [0.25, 0.3) is 0 Å². The van der Waals surface area contributed by atoms with Crippen LogP contribution in [-0.2, 0) is 6.54 Å². The first-order valence-electron chi connectivity index (χ1n) is 7.72. The summed E-state index contributed by atoms with van der Waals surface area (Å²) in [5, 5.41) is 3.53. The SMILES string of the molecule is COc1ccccc1CNC(C)c1cccc(OC(C)C)c1. The van der Waals surface area contributed by atoms with E-state index in [0.29, 0.717) is 0 Å². The minimum Gasteiger partial charge on any atom is -0.496 e. The highest BCUT2D eigenvalue weighted by Gasteiger charge is 2.08. The Hall–Kier alpha value is -2.00. The standard InChI is InChI=1S/C19H25NO2/c1-14(2)22-18-10-7-9-16(12-18)15(3)20-13-17-8-5-6-11-19(17)21-4/h5-12,14-15,20H,13H2,1-4H3. The van der Waals surface area contributed by atoms with Crippen molar-refractivity contribution in [2.75, 3.05) is 7.11 Å². The van der Waals surface area contributed by atoms with Crippen LogP contribution in [0.5, 0.6) is 11.5 Å². The molecule has 0 amide bonds. The summed E-state index contributed by atoms with van der Waals surface area (Å²) in [6, 6.07) is 16.6. The molecule has 0 aliphatic carbocycles. The molecule has 0 saturated carbocycles. The molecule has 3 nitrogen and oxygen atoms in total. The van der Waals surface area contributed by atoms with E-state index < -0.39 is 0 Å². The molecule has 3 heteroatoms. The van der Waals surface area contributed by atoms with Crippen molar-refractivity contribution < 1.29 is 9.47 Å². The lowest BCUT2D eigenvalue weighted by Crippen LogP contribution is -2.18. The summed E-state index contributed by atoms with van der Waals surface area (Å²) >= 11 is 0. The highest BCUT2D eigenvalue weighted by Crippen LogP contribution is 2.22. The number of hydrogen-bond acceptors (Lipinski definition) is 3. The fourth-order valence-electron chi connectivity index (χ4n) is 2.36. The number of nitrogens with one attached hydrogen (secondary N) is 1. The lowest BCUT2D eigenvalue weighted by atomic mass is 10.1. The number of benzene rings is 2. The molecule has 0 radical (unpaired) electrons. The zero-order valence-electron chi connectivity index (χ0n) is 13.8. The third-order valence-corrected chi connectivity index (χ3v) is 3.52. The topological polar surface area (TPSA) is 30.5 Å². The number of rotatable bonds is 7. The van der Waals surface area contributed by atoms with Crippen LogP contribution in [0.4, 0.5) is 0 Å². The van der Waals surface area contributed by atoms with Crippen LogP contribution in [0.25, 0.3) is 0 Å². The molecule has 22 heavy (non-hydrogen) atoms. The molecule has 0 aliphatic rings. The monoisotopic (exact) mass is 299 g/mol. The molecule has 2 aromatic rings. The van der Waals surface area contributed by atoms with Crippen LogP contribution in [0.2, 0.25) is 0 Å². The molecule has 0 aliphatic heterocycles. The summed E-state index contributed by atoms with van der Waals surface area (Å²) in [4.78, 5) is 0. The van der Waals surface area contributed by atoms with Crippen LogP contribution in [0.1, 0.15) is 37.9 Å². The number of hydrogen-bond donors (Lipinski definition) is 1. The Labute approximate surface area is 133 Å². The fraction of sp³-hybridized carbons (Fsp3) is 0.368. The normalized spacial score (nSPS) is 12.2. The molecule has 1 unspecified atom stereocenters. The molecule has 0 fully saturated rings. The predicted molar refractivity (Wildman–Crippen MR) is 90.5 cm³/mol. The van der Waals surface area contributed by atoms with E-state index in [0.717, 1.165) is 23.6 Å². The van der Waals surface area contributed by atoms with Crippen LogP contribution in [0.15, 0.2) is 48.5 Å². The first-order chi connectivity index (χ1) is 10.6. The van der Waals surface area contributed by atoms with Crippen LogP contribution in [0.3, 0.4) is 0 Å². The van der Waals surface area contributed by atoms with E-state index in [4.69, 9.17) is 9.47 Å². The summed E-state index contributed by atoms with van der Waals surface area (Å²) in [6.45, 7) is 7.00. The zero-order chi connectivity index (χ0) is 15.9. The van der Waals surface area contributed by atoms with Gasteiger partial charge < -0.3 is 14.8 Å². The van der Waals surface area contributed by atoms with Crippen molar-refractivity contribution in [1.29, 1.82) is 0 Å². The van der Waals surface area contributed by atoms with Crippen molar-refractivity contribution in [3.8, 4) is 11.5 Å². The number of ether oxygens (including phenoxy) is 2. The van der Waals surface area contributed by atoms with Gasteiger partial charge in [0, 0.05) is 18.2 Å². The van der Waals surface area contributed by atoms with Gasteiger partial charge in [0.2, 0.25) is 0 Å². The average Bonchev–Trinajstić information content (AvgIpc) is 2.52. The quantitative estimate of drug-likeness (QED) is 0.825. The fourth-order valence-corrected chi connectivity index (χ4v) is 2.36. The highest BCUT2D eigenvalue weighted by molar-refractivity contribution is 5.34. The van der Waals surface area contributed by atoms with E-state index >= 15 is 0 Å². The van der Waals surface area contributed by atoms with Crippen molar-refractivity contribution in [2.45, 2.75) is 39.5 Å². The van der Waals surface area contributed by atoms with Crippen molar-refractivity contribution in [3.63, 3.8) is 0 Å². The van der Waals surface area contributed by atoms with Gasteiger partial charge in [-0.2, -0.15) is 0 Å². The van der Waals surface area contributed by atoms with Crippen molar-refractivity contribution in [3.05, 3.63) is 59.7 Å². The summed E-state index contributed by atoms with van der Waals surface area (Å²) < 4.78 is 11.1. The van der Waals surface area contributed by atoms with Gasteiger partial charge in [-0.15, -0.1) is 0 Å². The second-order valence-electron chi connectivity index (χ2n) is 5.65. The molecule has 2 rings (SSSR count). The maximum Gasteiger partial charge on any atom is 0.123 e. The van der Waals surface area contributed by atoms with Gasteiger partial charge in [-0.1, -0.05) is 30.3 Å². The van der Waals surface area contributed by atoms with Crippen molar-refractivity contribution in [2.24, 2.45) is 0 Å². The van der Waals surface area contributed by atoms with E-state index in [1.165, 1.54) is 5.56 Å². The Bertz CT molecular complexity index is 595. The molecular weight excluding hydrogens is 274 g/mol. The van der Waals surface area contributed by atoms with Gasteiger partial charge in [0.1, 0.15) is 11.5 Å². The van der Waals surface area contributed by atoms with Crippen LogP contribution >= 0.6 is 0 Å². The highest BCUT2D eigenvalue weighted by atomic mass is 16.5. The minimum atomic E-state index is 0.187. The summed E-state index contributed by atoms with van der Waals surface area (Å²) in [7, 11) is 1.70. The van der Waals surface area contributed by atoms with Gasteiger partial charge in [0.05, 0.1) is 13.2 Å². The van der Waals surface area contributed by atoms with Gasteiger partial charge in [-0.25, -0.2) is 0 Å². The van der Waals surface area contributed by atoms with E-state index in [2.05, 4.69) is 30.4 Å². The summed E-state index contributed by atoms with van der Waals surface area (Å²) in [6.07, 6.45) is 0.187. The maximum atomic E-state index is 5.76. The molecule has 2 aromatic carbocycles. The van der Waals surface area contributed by atoms with Gasteiger partial charge in [0.15, 0.2) is 0 Å². The van der Waals surface area contributed by atoms with Crippen molar-refractivity contribution in [1.82, 2.24) is 5.32 Å². The Morgan fingerprint density at radius 2 is 1.77 bits per heavy atom. The predicted octanol–water partition coefficient (Wildman–Crippen LogP) is 4.33. The molecular formula is C19H25NO2. The number of para-hydroxylation sites is 1. The van der Waals surface area contributed by atoms with Gasteiger partial charge >= 0.3 is 0 Å². The van der Waals surface area contributed by atoms with Crippen LogP contribution in [0, 0.1) is 0 Å². The first-order valence-corrected chi connectivity index (χ1v) is 7.72. The molecule has 0 bridgehead atoms. The second kappa shape index (κ2) is 7.85. The Kier molecular flexibility index (Phi) is 5.84. The molecule has 1 atom stereocenters. The number of methoxy groups -OCH3 is 1. The third-order valence-electron chi connectivity index (χ3n) is 3.52. The molecule has 0 spiro atoms. The average molecular weight is 299 g/mol. The Balaban J connectivity index is 2.01. The van der Waals surface area contributed by atoms with Gasteiger partial charge in [-0.05, 0) is 44.5 Å². The lowest BCUT2D eigenvalue weighted by Gasteiger charge is -2.17. The Morgan fingerprint density at radius 1 is 1.00 bits per heavy atom.